The molecule has 0 spiro atoms. The van der Waals surface area contributed by atoms with Gasteiger partial charge in [0, 0.05) is 17.3 Å². The van der Waals surface area contributed by atoms with Gasteiger partial charge in [-0.25, -0.2) is 4.79 Å². The molecule has 114 valence electrons. The number of carbonyl (C=O) groups is 2. The smallest absolute Gasteiger partial charge is 0.319 e. The first-order valence-corrected chi connectivity index (χ1v) is 7.54. The molecular weight excluding hydrogens is 264 g/mol. The van der Waals surface area contributed by atoms with Gasteiger partial charge >= 0.3 is 6.03 Å². The first kappa shape index (κ1) is 15.5. The third-order valence-electron chi connectivity index (χ3n) is 4.20. The first-order chi connectivity index (χ1) is 9.85. The summed E-state index contributed by atoms with van der Waals surface area (Å²) >= 11 is 0. The van der Waals surface area contributed by atoms with Crippen molar-refractivity contribution < 1.29 is 9.59 Å². The molecule has 21 heavy (non-hydrogen) atoms. The molecule has 4 heteroatoms. The molecule has 1 fully saturated rings. The maximum atomic E-state index is 12.0. The summed E-state index contributed by atoms with van der Waals surface area (Å²) < 4.78 is 0. The number of amides is 2. The Hall–Kier alpha value is -1.84. The van der Waals surface area contributed by atoms with Gasteiger partial charge in [-0.05, 0) is 50.2 Å². The summed E-state index contributed by atoms with van der Waals surface area (Å²) in [5.41, 5.74) is 1.65. The molecule has 0 atom stereocenters. The van der Waals surface area contributed by atoms with Crippen molar-refractivity contribution in [2.45, 2.75) is 52.5 Å². The van der Waals surface area contributed by atoms with Crippen molar-refractivity contribution in [1.29, 1.82) is 0 Å². The van der Waals surface area contributed by atoms with Gasteiger partial charge in [-0.2, -0.15) is 0 Å². The van der Waals surface area contributed by atoms with Crippen LogP contribution in [0.25, 0.3) is 0 Å². The Labute approximate surface area is 126 Å². The lowest BCUT2D eigenvalue weighted by atomic mass is 9.76. The van der Waals surface area contributed by atoms with Gasteiger partial charge in [0.2, 0.25) is 0 Å². The minimum absolute atomic E-state index is 0.00595. The zero-order valence-corrected chi connectivity index (χ0v) is 13.0. The van der Waals surface area contributed by atoms with Crippen molar-refractivity contribution in [1.82, 2.24) is 5.32 Å². The van der Waals surface area contributed by atoms with Crippen LogP contribution < -0.4 is 10.6 Å². The van der Waals surface area contributed by atoms with E-state index in [0.29, 0.717) is 16.7 Å². The Balaban J connectivity index is 1.88. The number of anilines is 1. The lowest BCUT2D eigenvalue weighted by Gasteiger charge is -2.34. The molecule has 0 unspecified atom stereocenters. The normalized spacial score (nSPS) is 18.0. The molecule has 1 aliphatic rings. The summed E-state index contributed by atoms with van der Waals surface area (Å²) in [6.45, 7) is 6.07. The Morgan fingerprint density at radius 3 is 2.48 bits per heavy atom. The van der Waals surface area contributed by atoms with Gasteiger partial charge in [-0.3, -0.25) is 4.79 Å². The average Bonchev–Trinajstić information content (AvgIpc) is 2.41. The number of Topliss-reactive ketones (excluding diaryl/α,β-unsaturated/α-hetero) is 1. The molecule has 1 aromatic rings. The third-order valence-corrected chi connectivity index (χ3v) is 4.20. The summed E-state index contributed by atoms with van der Waals surface area (Å²) in [6.07, 6.45) is 4.32. The molecule has 0 aliphatic heterocycles. The van der Waals surface area contributed by atoms with Crippen molar-refractivity contribution >= 4 is 17.5 Å². The van der Waals surface area contributed by atoms with E-state index in [1.165, 1.54) is 6.92 Å². The Kier molecular flexibility index (Phi) is 4.66. The molecule has 2 amide bonds. The number of hydrogen-bond acceptors (Lipinski definition) is 2. The molecule has 1 saturated carbocycles. The highest BCUT2D eigenvalue weighted by molar-refractivity contribution is 5.96. The van der Waals surface area contributed by atoms with E-state index in [-0.39, 0.29) is 17.9 Å². The second kappa shape index (κ2) is 6.29. The first-order valence-electron chi connectivity index (χ1n) is 7.54. The lowest BCUT2D eigenvalue weighted by molar-refractivity contribution is 0.101. The van der Waals surface area contributed by atoms with Crippen LogP contribution in [0.5, 0.6) is 0 Å². The van der Waals surface area contributed by atoms with Crippen LogP contribution in [0.3, 0.4) is 0 Å². The number of hydrogen-bond donors (Lipinski definition) is 2. The standard InChI is InChI=1S/C17H24N2O2/c1-12(20)13-5-4-6-15(11-13)19-16(21)18-14-7-9-17(2,3)10-8-14/h4-6,11,14H,7-10H2,1-3H3,(H2,18,19,21). The van der Waals surface area contributed by atoms with Gasteiger partial charge in [0.25, 0.3) is 0 Å². The fourth-order valence-corrected chi connectivity index (χ4v) is 2.71. The van der Waals surface area contributed by atoms with E-state index in [9.17, 15) is 9.59 Å². The number of benzene rings is 1. The largest absolute Gasteiger partial charge is 0.335 e. The number of rotatable bonds is 3. The number of ketones is 1. The Morgan fingerprint density at radius 1 is 1.19 bits per heavy atom. The molecule has 1 aliphatic carbocycles. The zero-order chi connectivity index (χ0) is 15.5. The molecule has 2 rings (SSSR count). The van der Waals surface area contributed by atoms with E-state index in [1.54, 1.807) is 24.3 Å². The van der Waals surface area contributed by atoms with Crippen molar-refractivity contribution in [3.05, 3.63) is 29.8 Å². The van der Waals surface area contributed by atoms with Crippen LogP contribution in [-0.2, 0) is 0 Å². The fourth-order valence-electron chi connectivity index (χ4n) is 2.71. The Morgan fingerprint density at radius 2 is 1.86 bits per heavy atom. The van der Waals surface area contributed by atoms with Crippen molar-refractivity contribution in [3.63, 3.8) is 0 Å². The third kappa shape index (κ3) is 4.59. The lowest BCUT2D eigenvalue weighted by Crippen LogP contribution is -2.41. The maximum absolute atomic E-state index is 12.0. The molecule has 0 aromatic heterocycles. The van der Waals surface area contributed by atoms with Crippen LogP contribution in [-0.4, -0.2) is 17.9 Å². The van der Waals surface area contributed by atoms with Gasteiger partial charge < -0.3 is 10.6 Å². The maximum Gasteiger partial charge on any atom is 0.319 e. The molecule has 2 N–H and O–H groups in total. The van der Waals surface area contributed by atoms with Crippen molar-refractivity contribution in [2.75, 3.05) is 5.32 Å². The van der Waals surface area contributed by atoms with E-state index in [1.807, 2.05) is 0 Å². The van der Waals surface area contributed by atoms with Crippen LogP contribution in [0.2, 0.25) is 0 Å². The van der Waals surface area contributed by atoms with Crippen LogP contribution in [0.4, 0.5) is 10.5 Å². The SMILES string of the molecule is CC(=O)c1cccc(NC(=O)NC2CCC(C)(C)CC2)c1. The minimum Gasteiger partial charge on any atom is -0.335 e. The molecule has 1 aromatic carbocycles. The second-order valence-corrected chi connectivity index (χ2v) is 6.67. The summed E-state index contributed by atoms with van der Waals surface area (Å²) in [6, 6.07) is 7.06. The van der Waals surface area contributed by atoms with Crippen molar-refractivity contribution in [2.24, 2.45) is 5.41 Å². The minimum atomic E-state index is -0.194. The van der Waals surface area contributed by atoms with Crippen LogP contribution in [0, 0.1) is 5.41 Å². The van der Waals surface area contributed by atoms with Crippen LogP contribution in [0.1, 0.15) is 56.8 Å². The summed E-state index contributed by atoms with van der Waals surface area (Å²) in [7, 11) is 0. The summed E-state index contributed by atoms with van der Waals surface area (Å²) in [4.78, 5) is 23.3. The quantitative estimate of drug-likeness (QED) is 0.826. The summed E-state index contributed by atoms with van der Waals surface area (Å²) in [5.74, 6) is -0.00595. The molecule has 0 saturated heterocycles. The number of nitrogens with one attached hydrogen (secondary N) is 2. The topological polar surface area (TPSA) is 58.2 Å². The van der Waals surface area contributed by atoms with Crippen LogP contribution >= 0.6 is 0 Å². The van der Waals surface area contributed by atoms with Gasteiger partial charge in [0.05, 0.1) is 0 Å². The van der Waals surface area contributed by atoms with Gasteiger partial charge in [0.1, 0.15) is 0 Å². The predicted octanol–water partition coefficient (Wildman–Crippen LogP) is 3.98. The average molecular weight is 288 g/mol. The van der Waals surface area contributed by atoms with E-state index in [4.69, 9.17) is 0 Å². The highest BCUT2D eigenvalue weighted by Crippen LogP contribution is 2.34. The van der Waals surface area contributed by atoms with Gasteiger partial charge in [0.15, 0.2) is 5.78 Å². The number of urea groups is 1. The zero-order valence-electron chi connectivity index (χ0n) is 13.0. The van der Waals surface area contributed by atoms with E-state index in [0.717, 1.165) is 25.7 Å². The van der Waals surface area contributed by atoms with Crippen LogP contribution in [0.15, 0.2) is 24.3 Å². The van der Waals surface area contributed by atoms with Gasteiger partial charge in [-0.1, -0.05) is 26.0 Å². The van der Waals surface area contributed by atoms with E-state index >= 15 is 0 Å². The van der Waals surface area contributed by atoms with Gasteiger partial charge in [-0.15, -0.1) is 0 Å². The predicted molar refractivity (Wildman–Crippen MR) is 84.6 cm³/mol. The van der Waals surface area contributed by atoms with E-state index in [2.05, 4.69) is 24.5 Å². The van der Waals surface area contributed by atoms with Crippen molar-refractivity contribution in [3.8, 4) is 0 Å². The molecule has 0 heterocycles. The molecular formula is C17H24N2O2. The highest BCUT2D eigenvalue weighted by Gasteiger charge is 2.27. The molecule has 4 nitrogen and oxygen atoms in total. The Bertz CT molecular complexity index is 527. The second-order valence-electron chi connectivity index (χ2n) is 6.67. The highest BCUT2D eigenvalue weighted by atomic mass is 16.2. The molecule has 0 bridgehead atoms. The fraction of sp³-hybridized carbons (Fsp3) is 0.529. The molecule has 0 radical (unpaired) electrons. The van der Waals surface area contributed by atoms with E-state index < -0.39 is 0 Å². The number of carbonyl (C=O) groups excluding carboxylic acids is 2. The monoisotopic (exact) mass is 288 g/mol. The summed E-state index contributed by atoms with van der Waals surface area (Å²) in [5, 5.41) is 5.82.